The molecule has 1 aromatic heterocycles. The molecule has 2 aromatic rings. The molecular formula is C21H30N4OS. The van der Waals surface area contributed by atoms with Crippen molar-refractivity contribution in [1.29, 1.82) is 0 Å². The predicted octanol–water partition coefficient (Wildman–Crippen LogP) is 3.91. The van der Waals surface area contributed by atoms with Gasteiger partial charge in [0.1, 0.15) is 0 Å². The average Bonchev–Trinajstić information content (AvgIpc) is 3.06. The number of thiazole rings is 1. The molecule has 1 fully saturated rings. The third-order valence-corrected chi connectivity index (χ3v) is 5.69. The van der Waals surface area contributed by atoms with Gasteiger partial charge >= 0.3 is 0 Å². The maximum absolute atomic E-state index is 12.2. The first-order valence-corrected chi connectivity index (χ1v) is 10.6. The minimum absolute atomic E-state index is 0.0120. The van der Waals surface area contributed by atoms with Crippen LogP contribution in [0.5, 0.6) is 0 Å². The lowest BCUT2D eigenvalue weighted by Gasteiger charge is -2.35. The van der Waals surface area contributed by atoms with Crippen molar-refractivity contribution < 1.29 is 4.79 Å². The van der Waals surface area contributed by atoms with Crippen molar-refractivity contribution in [3.63, 3.8) is 0 Å². The molecule has 0 bridgehead atoms. The number of aromatic nitrogens is 1. The van der Waals surface area contributed by atoms with E-state index < -0.39 is 0 Å². The number of piperazine rings is 1. The second-order valence-electron chi connectivity index (χ2n) is 7.78. The summed E-state index contributed by atoms with van der Waals surface area (Å²) in [5.41, 5.74) is 3.10. The van der Waals surface area contributed by atoms with Crippen LogP contribution in [-0.4, -0.2) is 53.4 Å². The quantitative estimate of drug-likeness (QED) is 0.755. The number of hydrogen-bond donors (Lipinski definition) is 0. The van der Waals surface area contributed by atoms with Crippen molar-refractivity contribution in [2.75, 3.05) is 37.6 Å². The standard InChI is InChI=1S/C21H30N4OS/c1-16(2)13-23-9-11-24(12-10-23)14-19-15-27-21(22-19)25(18(4)26)20-7-5-17(3)6-8-20/h5-8,15-16H,9-14H2,1-4H3. The Morgan fingerprint density at radius 2 is 1.78 bits per heavy atom. The molecule has 0 atom stereocenters. The Bertz CT molecular complexity index is 748. The zero-order valence-corrected chi connectivity index (χ0v) is 17.6. The molecule has 1 aliphatic heterocycles. The van der Waals surface area contributed by atoms with Gasteiger partial charge in [-0.05, 0) is 25.0 Å². The van der Waals surface area contributed by atoms with E-state index in [2.05, 4.69) is 29.0 Å². The van der Waals surface area contributed by atoms with Gasteiger partial charge in [-0.2, -0.15) is 0 Å². The number of anilines is 2. The molecular weight excluding hydrogens is 356 g/mol. The van der Waals surface area contributed by atoms with Gasteiger partial charge in [0, 0.05) is 51.6 Å². The van der Waals surface area contributed by atoms with Crippen LogP contribution in [0.2, 0.25) is 0 Å². The van der Waals surface area contributed by atoms with Gasteiger partial charge in [0.25, 0.3) is 0 Å². The zero-order chi connectivity index (χ0) is 19.4. The summed E-state index contributed by atoms with van der Waals surface area (Å²) < 4.78 is 0. The molecule has 0 spiro atoms. The maximum atomic E-state index is 12.2. The molecule has 1 saturated heterocycles. The van der Waals surface area contributed by atoms with Gasteiger partial charge in [-0.1, -0.05) is 31.5 Å². The van der Waals surface area contributed by atoms with E-state index in [1.165, 1.54) is 23.4 Å². The second-order valence-corrected chi connectivity index (χ2v) is 8.62. The van der Waals surface area contributed by atoms with Crippen LogP contribution in [-0.2, 0) is 11.3 Å². The van der Waals surface area contributed by atoms with E-state index in [9.17, 15) is 4.79 Å². The number of benzene rings is 1. The summed E-state index contributed by atoms with van der Waals surface area (Å²) in [6.07, 6.45) is 0. The number of rotatable bonds is 6. The van der Waals surface area contributed by atoms with Crippen LogP contribution in [0.1, 0.15) is 32.0 Å². The highest BCUT2D eigenvalue weighted by atomic mass is 32.1. The number of carbonyl (C=O) groups is 1. The molecule has 2 heterocycles. The molecule has 0 saturated carbocycles. The monoisotopic (exact) mass is 386 g/mol. The van der Waals surface area contributed by atoms with Crippen LogP contribution in [0.3, 0.4) is 0 Å². The van der Waals surface area contributed by atoms with Gasteiger partial charge < -0.3 is 4.90 Å². The molecule has 146 valence electrons. The number of nitrogens with zero attached hydrogens (tertiary/aromatic N) is 4. The lowest BCUT2D eigenvalue weighted by atomic mass is 10.2. The summed E-state index contributed by atoms with van der Waals surface area (Å²) in [5.74, 6) is 0.707. The molecule has 1 aliphatic rings. The molecule has 1 amide bonds. The van der Waals surface area contributed by atoms with Crippen molar-refractivity contribution in [1.82, 2.24) is 14.8 Å². The summed E-state index contributed by atoms with van der Waals surface area (Å²) in [4.78, 5) is 23.7. The van der Waals surface area contributed by atoms with Crippen LogP contribution in [0.4, 0.5) is 10.8 Å². The number of hydrogen-bond acceptors (Lipinski definition) is 5. The molecule has 0 radical (unpaired) electrons. The summed E-state index contributed by atoms with van der Waals surface area (Å²) in [6, 6.07) is 8.00. The van der Waals surface area contributed by atoms with Crippen molar-refractivity contribution >= 4 is 28.1 Å². The Hall–Kier alpha value is -1.76. The molecule has 3 rings (SSSR count). The summed E-state index contributed by atoms with van der Waals surface area (Å²) >= 11 is 1.54. The summed E-state index contributed by atoms with van der Waals surface area (Å²) in [6.45, 7) is 14.6. The van der Waals surface area contributed by atoms with Crippen LogP contribution >= 0.6 is 11.3 Å². The van der Waals surface area contributed by atoms with Gasteiger partial charge in [-0.25, -0.2) is 4.98 Å². The highest BCUT2D eigenvalue weighted by Crippen LogP contribution is 2.29. The summed E-state index contributed by atoms with van der Waals surface area (Å²) in [7, 11) is 0. The molecule has 1 aromatic carbocycles. The smallest absolute Gasteiger partial charge is 0.230 e. The number of amides is 1. The second kappa shape index (κ2) is 8.95. The lowest BCUT2D eigenvalue weighted by Crippen LogP contribution is -2.46. The first kappa shape index (κ1) is 20.0. The van der Waals surface area contributed by atoms with E-state index in [1.807, 2.05) is 31.2 Å². The maximum Gasteiger partial charge on any atom is 0.230 e. The lowest BCUT2D eigenvalue weighted by molar-refractivity contribution is -0.115. The predicted molar refractivity (Wildman–Crippen MR) is 113 cm³/mol. The fourth-order valence-electron chi connectivity index (χ4n) is 3.47. The Labute approximate surface area is 166 Å². The van der Waals surface area contributed by atoms with E-state index in [1.54, 1.807) is 11.8 Å². The minimum Gasteiger partial charge on any atom is -0.301 e. The first-order chi connectivity index (χ1) is 12.9. The van der Waals surface area contributed by atoms with Crippen LogP contribution in [0.15, 0.2) is 29.6 Å². The average molecular weight is 387 g/mol. The molecule has 27 heavy (non-hydrogen) atoms. The van der Waals surface area contributed by atoms with Crippen molar-refractivity contribution in [3.8, 4) is 0 Å². The van der Waals surface area contributed by atoms with Gasteiger partial charge in [-0.15, -0.1) is 11.3 Å². The highest BCUT2D eigenvalue weighted by molar-refractivity contribution is 7.14. The number of aryl methyl sites for hydroxylation is 1. The van der Waals surface area contributed by atoms with E-state index in [0.29, 0.717) is 0 Å². The third kappa shape index (κ3) is 5.37. The molecule has 0 aliphatic carbocycles. The Kier molecular flexibility index (Phi) is 6.63. The van der Waals surface area contributed by atoms with Crippen LogP contribution in [0.25, 0.3) is 0 Å². The van der Waals surface area contributed by atoms with Crippen LogP contribution < -0.4 is 4.90 Å². The number of carbonyl (C=O) groups excluding carboxylic acids is 1. The fourth-order valence-corrected chi connectivity index (χ4v) is 4.35. The van der Waals surface area contributed by atoms with Crippen molar-refractivity contribution in [2.24, 2.45) is 5.92 Å². The minimum atomic E-state index is -0.0120. The van der Waals surface area contributed by atoms with Gasteiger partial charge in [0.05, 0.1) is 11.4 Å². The SMILES string of the molecule is CC(=O)N(c1ccc(C)cc1)c1nc(CN2CCN(CC(C)C)CC2)cs1. The Balaban J connectivity index is 1.63. The van der Waals surface area contributed by atoms with Gasteiger partial charge in [-0.3, -0.25) is 14.6 Å². The van der Waals surface area contributed by atoms with Gasteiger partial charge in [0.15, 0.2) is 5.13 Å². The van der Waals surface area contributed by atoms with Crippen molar-refractivity contribution in [3.05, 3.63) is 40.9 Å². The Morgan fingerprint density at radius 1 is 1.15 bits per heavy atom. The molecule has 6 heteroatoms. The highest BCUT2D eigenvalue weighted by Gasteiger charge is 2.21. The van der Waals surface area contributed by atoms with E-state index in [-0.39, 0.29) is 5.91 Å². The molecule has 0 N–H and O–H groups in total. The third-order valence-electron chi connectivity index (χ3n) is 4.81. The largest absolute Gasteiger partial charge is 0.301 e. The Morgan fingerprint density at radius 3 is 2.37 bits per heavy atom. The summed E-state index contributed by atoms with van der Waals surface area (Å²) in [5, 5.41) is 2.83. The zero-order valence-electron chi connectivity index (χ0n) is 16.8. The van der Waals surface area contributed by atoms with E-state index in [0.717, 1.165) is 55.2 Å². The first-order valence-electron chi connectivity index (χ1n) is 9.69. The normalized spacial score (nSPS) is 16.0. The van der Waals surface area contributed by atoms with E-state index >= 15 is 0 Å². The molecule has 0 unspecified atom stereocenters. The van der Waals surface area contributed by atoms with Gasteiger partial charge in [0.2, 0.25) is 5.91 Å². The van der Waals surface area contributed by atoms with Crippen molar-refractivity contribution in [2.45, 2.75) is 34.2 Å². The van der Waals surface area contributed by atoms with E-state index in [4.69, 9.17) is 4.98 Å². The van der Waals surface area contributed by atoms with Crippen LogP contribution in [0, 0.1) is 12.8 Å². The fraction of sp³-hybridized carbons (Fsp3) is 0.524. The molecule has 5 nitrogen and oxygen atoms in total. The topological polar surface area (TPSA) is 39.7 Å².